The Hall–Kier alpha value is -1.92. The zero-order valence-electron chi connectivity index (χ0n) is 13.3. The average Bonchev–Trinajstić information content (AvgIpc) is 2.62. The highest BCUT2D eigenvalue weighted by molar-refractivity contribution is 7.89. The van der Waals surface area contributed by atoms with Crippen molar-refractivity contribution >= 4 is 10.0 Å². The van der Waals surface area contributed by atoms with Crippen molar-refractivity contribution in [2.75, 3.05) is 19.7 Å². The maximum Gasteiger partial charge on any atom is 0.243 e. The number of halogens is 1. The summed E-state index contributed by atoms with van der Waals surface area (Å²) < 4.78 is 45.5. The summed E-state index contributed by atoms with van der Waals surface area (Å²) >= 11 is 0. The first kappa shape index (κ1) is 16.9. The van der Waals surface area contributed by atoms with E-state index in [2.05, 4.69) is 0 Å². The lowest BCUT2D eigenvalue weighted by atomic mass is 10.0. The molecule has 0 aliphatic carbocycles. The molecule has 24 heavy (non-hydrogen) atoms. The number of nitrogens with zero attached hydrogens (tertiary/aromatic N) is 1. The molecule has 0 N–H and O–H groups in total. The molecule has 1 aliphatic rings. The Labute approximate surface area is 141 Å². The maximum atomic E-state index is 12.9. The predicted molar refractivity (Wildman–Crippen MR) is 89.8 cm³/mol. The summed E-state index contributed by atoms with van der Waals surface area (Å²) in [6.45, 7) is 1.40. The molecule has 1 fully saturated rings. The average molecular weight is 349 g/mol. The number of piperidine rings is 1. The molecule has 0 radical (unpaired) electrons. The molecule has 1 unspecified atom stereocenters. The van der Waals surface area contributed by atoms with Gasteiger partial charge < -0.3 is 4.74 Å². The SMILES string of the molecule is O=S(=O)(c1ccccc1)N1CCCC(COc2ccc(F)cc2)C1. The Morgan fingerprint density at radius 1 is 1.08 bits per heavy atom. The maximum absolute atomic E-state index is 12.9. The van der Waals surface area contributed by atoms with Gasteiger partial charge in [-0.05, 0) is 49.2 Å². The van der Waals surface area contributed by atoms with Gasteiger partial charge in [-0.2, -0.15) is 4.31 Å². The van der Waals surface area contributed by atoms with E-state index in [0.717, 1.165) is 12.8 Å². The van der Waals surface area contributed by atoms with Crippen molar-refractivity contribution in [2.45, 2.75) is 17.7 Å². The van der Waals surface area contributed by atoms with E-state index in [4.69, 9.17) is 4.74 Å². The van der Waals surface area contributed by atoms with Gasteiger partial charge in [-0.15, -0.1) is 0 Å². The van der Waals surface area contributed by atoms with Crippen molar-refractivity contribution in [3.63, 3.8) is 0 Å². The van der Waals surface area contributed by atoms with Crippen LogP contribution in [0.5, 0.6) is 5.75 Å². The molecule has 0 bridgehead atoms. The highest BCUT2D eigenvalue weighted by Gasteiger charge is 2.30. The van der Waals surface area contributed by atoms with Crippen LogP contribution in [0.4, 0.5) is 4.39 Å². The van der Waals surface area contributed by atoms with Crippen LogP contribution in [0, 0.1) is 11.7 Å². The van der Waals surface area contributed by atoms with Crippen molar-refractivity contribution in [3.05, 3.63) is 60.4 Å². The summed E-state index contributed by atoms with van der Waals surface area (Å²) in [6.07, 6.45) is 1.73. The van der Waals surface area contributed by atoms with Gasteiger partial charge in [-0.1, -0.05) is 18.2 Å². The van der Waals surface area contributed by atoms with Crippen molar-refractivity contribution in [3.8, 4) is 5.75 Å². The summed E-state index contributed by atoms with van der Waals surface area (Å²) in [4.78, 5) is 0.324. The molecule has 2 aromatic rings. The number of hydrogen-bond donors (Lipinski definition) is 0. The van der Waals surface area contributed by atoms with Gasteiger partial charge >= 0.3 is 0 Å². The van der Waals surface area contributed by atoms with Crippen LogP contribution in [-0.2, 0) is 10.0 Å². The second-order valence-electron chi connectivity index (χ2n) is 5.95. The number of ether oxygens (including phenoxy) is 1. The smallest absolute Gasteiger partial charge is 0.243 e. The minimum absolute atomic E-state index is 0.127. The van der Waals surface area contributed by atoms with E-state index in [9.17, 15) is 12.8 Å². The van der Waals surface area contributed by atoms with Crippen LogP contribution < -0.4 is 4.74 Å². The Morgan fingerprint density at radius 2 is 1.79 bits per heavy atom. The van der Waals surface area contributed by atoms with Gasteiger partial charge in [0.2, 0.25) is 10.0 Å². The van der Waals surface area contributed by atoms with Crippen LogP contribution >= 0.6 is 0 Å². The van der Waals surface area contributed by atoms with E-state index in [0.29, 0.717) is 30.3 Å². The van der Waals surface area contributed by atoms with Crippen LogP contribution in [0.25, 0.3) is 0 Å². The predicted octanol–water partition coefficient (Wildman–Crippen LogP) is 3.31. The van der Waals surface area contributed by atoms with Crippen molar-refractivity contribution < 1.29 is 17.5 Å². The molecule has 4 nitrogen and oxygen atoms in total. The van der Waals surface area contributed by atoms with Gasteiger partial charge in [-0.3, -0.25) is 0 Å². The van der Waals surface area contributed by atoms with Gasteiger partial charge in [-0.25, -0.2) is 12.8 Å². The van der Waals surface area contributed by atoms with Crippen molar-refractivity contribution in [1.82, 2.24) is 4.31 Å². The minimum atomic E-state index is -3.46. The summed E-state index contributed by atoms with van der Waals surface area (Å²) in [5, 5.41) is 0. The first-order chi connectivity index (χ1) is 11.6. The third kappa shape index (κ3) is 3.94. The first-order valence-electron chi connectivity index (χ1n) is 7.99. The Morgan fingerprint density at radius 3 is 2.50 bits per heavy atom. The zero-order valence-corrected chi connectivity index (χ0v) is 14.1. The number of sulfonamides is 1. The van der Waals surface area contributed by atoms with Crippen molar-refractivity contribution in [2.24, 2.45) is 5.92 Å². The molecule has 128 valence electrons. The Balaban J connectivity index is 1.63. The summed E-state index contributed by atoms with van der Waals surface area (Å²) in [5.41, 5.74) is 0. The molecule has 3 rings (SSSR count). The fraction of sp³-hybridized carbons (Fsp3) is 0.333. The summed E-state index contributed by atoms with van der Waals surface area (Å²) in [5.74, 6) is 0.418. The number of benzene rings is 2. The van der Waals surface area contributed by atoms with E-state index in [1.165, 1.54) is 16.4 Å². The molecule has 2 aromatic carbocycles. The van der Waals surface area contributed by atoms with E-state index < -0.39 is 10.0 Å². The van der Waals surface area contributed by atoms with Gasteiger partial charge in [0.1, 0.15) is 11.6 Å². The number of rotatable bonds is 5. The van der Waals surface area contributed by atoms with Gasteiger partial charge in [0.15, 0.2) is 0 Å². The second kappa shape index (κ2) is 7.32. The van der Waals surface area contributed by atoms with Crippen molar-refractivity contribution in [1.29, 1.82) is 0 Å². The van der Waals surface area contributed by atoms with E-state index in [-0.39, 0.29) is 11.7 Å². The van der Waals surface area contributed by atoms with Crippen LogP contribution in [-0.4, -0.2) is 32.4 Å². The van der Waals surface area contributed by atoms with Crippen LogP contribution in [0.3, 0.4) is 0 Å². The number of hydrogen-bond acceptors (Lipinski definition) is 3. The van der Waals surface area contributed by atoms with Gasteiger partial charge in [0.25, 0.3) is 0 Å². The molecule has 6 heteroatoms. The lowest BCUT2D eigenvalue weighted by Gasteiger charge is -2.31. The monoisotopic (exact) mass is 349 g/mol. The van der Waals surface area contributed by atoms with Crippen LogP contribution in [0.15, 0.2) is 59.5 Å². The molecular formula is C18H20FNO3S. The molecular weight excluding hydrogens is 329 g/mol. The van der Waals surface area contributed by atoms with E-state index in [1.54, 1.807) is 42.5 Å². The standard InChI is InChI=1S/C18H20FNO3S/c19-16-8-10-17(11-9-16)23-14-15-5-4-12-20(13-15)24(21,22)18-6-2-1-3-7-18/h1-3,6-11,15H,4-5,12-14H2. The summed E-state index contributed by atoms with van der Waals surface area (Å²) in [7, 11) is -3.46. The summed E-state index contributed by atoms with van der Waals surface area (Å²) in [6, 6.07) is 14.4. The minimum Gasteiger partial charge on any atom is -0.493 e. The molecule has 1 aliphatic heterocycles. The fourth-order valence-corrected chi connectivity index (χ4v) is 4.44. The lowest BCUT2D eigenvalue weighted by Crippen LogP contribution is -2.41. The van der Waals surface area contributed by atoms with E-state index >= 15 is 0 Å². The largest absolute Gasteiger partial charge is 0.493 e. The molecule has 1 atom stereocenters. The van der Waals surface area contributed by atoms with E-state index in [1.807, 2.05) is 0 Å². The normalized spacial score (nSPS) is 19.1. The fourth-order valence-electron chi connectivity index (χ4n) is 2.87. The first-order valence-corrected chi connectivity index (χ1v) is 9.43. The molecule has 0 aromatic heterocycles. The van der Waals surface area contributed by atoms with Gasteiger partial charge in [0, 0.05) is 19.0 Å². The third-order valence-electron chi connectivity index (χ3n) is 4.16. The highest BCUT2D eigenvalue weighted by Crippen LogP contribution is 2.24. The molecule has 0 saturated carbocycles. The van der Waals surface area contributed by atoms with Crippen LogP contribution in [0.2, 0.25) is 0 Å². The molecule has 0 spiro atoms. The second-order valence-corrected chi connectivity index (χ2v) is 7.89. The zero-order chi connectivity index (χ0) is 17.0. The Bertz CT molecular complexity index is 763. The lowest BCUT2D eigenvalue weighted by molar-refractivity contribution is 0.180. The highest BCUT2D eigenvalue weighted by atomic mass is 32.2. The molecule has 0 amide bonds. The quantitative estimate of drug-likeness (QED) is 0.832. The van der Waals surface area contributed by atoms with Gasteiger partial charge in [0.05, 0.1) is 11.5 Å². The third-order valence-corrected chi connectivity index (χ3v) is 6.04. The molecule has 1 saturated heterocycles. The molecule has 1 heterocycles. The topological polar surface area (TPSA) is 46.6 Å². The van der Waals surface area contributed by atoms with Crippen LogP contribution in [0.1, 0.15) is 12.8 Å². The Kier molecular flexibility index (Phi) is 5.16.